The van der Waals surface area contributed by atoms with E-state index in [0.717, 1.165) is 19.1 Å². The van der Waals surface area contributed by atoms with E-state index in [-0.39, 0.29) is 5.41 Å². The average Bonchev–Trinajstić information content (AvgIpc) is 2.93. The van der Waals surface area contributed by atoms with Crippen LogP contribution < -0.4 is 10.6 Å². The number of ether oxygens (including phenoxy) is 1. The first-order valence-electron chi connectivity index (χ1n) is 8.39. The molecule has 0 bridgehead atoms. The molecule has 2 N–H and O–H groups in total. The molecule has 4 nitrogen and oxygen atoms in total. The summed E-state index contributed by atoms with van der Waals surface area (Å²) >= 11 is 2.05. The summed E-state index contributed by atoms with van der Waals surface area (Å²) in [6.07, 6.45) is 4.20. The van der Waals surface area contributed by atoms with Crippen molar-refractivity contribution in [2.24, 2.45) is 16.3 Å². The largest absolute Gasteiger partial charge is 0.377 e. The van der Waals surface area contributed by atoms with Crippen molar-refractivity contribution in [2.45, 2.75) is 58.2 Å². The number of fused-ring (bicyclic) bond motifs is 1. The second-order valence-corrected chi connectivity index (χ2v) is 8.22. The van der Waals surface area contributed by atoms with Crippen LogP contribution in [0.3, 0.4) is 0 Å². The third kappa shape index (κ3) is 3.04. The first-order valence-corrected chi connectivity index (χ1v) is 9.55. The Labute approximate surface area is 132 Å². The lowest BCUT2D eigenvalue weighted by atomic mass is 9.57. The number of aliphatic imine (C=N–C) groups is 1. The monoisotopic (exact) mass is 311 g/mol. The van der Waals surface area contributed by atoms with Gasteiger partial charge in [-0.05, 0) is 31.9 Å². The van der Waals surface area contributed by atoms with Gasteiger partial charge < -0.3 is 15.4 Å². The highest BCUT2D eigenvalue weighted by atomic mass is 32.2. The van der Waals surface area contributed by atoms with Crippen LogP contribution in [-0.4, -0.2) is 48.8 Å². The van der Waals surface area contributed by atoms with Gasteiger partial charge in [0.1, 0.15) is 0 Å². The van der Waals surface area contributed by atoms with E-state index in [1.54, 1.807) is 0 Å². The molecular formula is C16H29N3OS. The molecule has 0 amide bonds. The fraction of sp³-hybridized carbons (Fsp3) is 0.938. The van der Waals surface area contributed by atoms with Crippen LogP contribution in [0.15, 0.2) is 4.99 Å². The van der Waals surface area contributed by atoms with Crippen LogP contribution in [0.2, 0.25) is 0 Å². The van der Waals surface area contributed by atoms with E-state index in [2.05, 4.69) is 48.2 Å². The summed E-state index contributed by atoms with van der Waals surface area (Å²) in [6.45, 7) is 8.48. The van der Waals surface area contributed by atoms with Crippen molar-refractivity contribution in [1.82, 2.24) is 10.6 Å². The van der Waals surface area contributed by atoms with Crippen LogP contribution >= 0.6 is 11.8 Å². The van der Waals surface area contributed by atoms with Gasteiger partial charge in [-0.25, -0.2) is 0 Å². The van der Waals surface area contributed by atoms with Gasteiger partial charge in [-0.15, -0.1) is 0 Å². The number of hydrogen-bond donors (Lipinski definition) is 2. The van der Waals surface area contributed by atoms with Crippen LogP contribution in [0.25, 0.3) is 0 Å². The molecule has 1 saturated carbocycles. The first kappa shape index (κ1) is 15.5. The topological polar surface area (TPSA) is 45.7 Å². The lowest BCUT2D eigenvalue weighted by Crippen LogP contribution is -2.68. The van der Waals surface area contributed by atoms with Crippen molar-refractivity contribution in [3.8, 4) is 0 Å². The van der Waals surface area contributed by atoms with Gasteiger partial charge >= 0.3 is 0 Å². The minimum Gasteiger partial charge on any atom is -0.377 e. The molecular weight excluding hydrogens is 282 g/mol. The van der Waals surface area contributed by atoms with E-state index < -0.39 is 0 Å². The molecule has 0 radical (unpaired) electrons. The Morgan fingerprint density at radius 3 is 2.90 bits per heavy atom. The molecule has 3 fully saturated rings. The normalized spacial score (nSPS) is 38.5. The van der Waals surface area contributed by atoms with Crippen molar-refractivity contribution in [3.05, 3.63) is 0 Å². The van der Waals surface area contributed by atoms with Crippen molar-refractivity contribution in [2.75, 3.05) is 24.7 Å². The van der Waals surface area contributed by atoms with Crippen molar-refractivity contribution >= 4 is 17.7 Å². The van der Waals surface area contributed by atoms with Crippen LogP contribution in [-0.2, 0) is 4.74 Å². The molecule has 4 atom stereocenters. The van der Waals surface area contributed by atoms with Gasteiger partial charge in [-0.2, -0.15) is 11.8 Å². The standard InChI is InChI=1S/C16H29N3OS/c1-4-17-15(18-11-6-5-9-21-10-11)19-13-12-7-8-20-14(12)16(13,2)3/h11-14H,4-10H2,1-3H3,(H2,17,18,19). The number of guanidine groups is 1. The summed E-state index contributed by atoms with van der Waals surface area (Å²) in [7, 11) is 0. The number of rotatable bonds is 3. The molecule has 0 spiro atoms. The van der Waals surface area contributed by atoms with Crippen molar-refractivity contribution < 1.29 is 4.74 Å². The average molecular weight is 311 g/mol. The summed E-state index contributed by atoms with van der Waals surface area (Å²) < 4.78 is 5.89. The summed E-state index contributed by atoms with van der Waals surface area (Å²) in [4.78, 5) is 4.66. The Balaban J connectivity index is 1.61. The molecule has 5 heteroatoms. The lowest BCUT2D eigenvalue weighted by molar-refractivity contribution is -0.106. The van der Waals surface area contributed by atoms with Gasteiger partial charge in [0.05, 0.1) is 6.10 Å². The molecule has 0 aromatic rings. The zero-order chi connectivity index (χ0) is 14.9. The Morgan fingerprint density at radius 2 is 2.19 bits per heavy atom. The molecule has 2 heterocycles. The first-order chi connectivity index (χ1) is 10.1. The van der Waals surface area contributed by atoms with Gasteiger partial charge in [0.15, 0.2) is 5.96 Å². The molecule has 3 rings (SSSR count). The highest BCUT2D eigenvalue weighted by molar-refractivity contribution is 7.99. The predicted molar refractivity (Wildman–Crippen MR) is 90.0 cm³/mol. The summed E-state index contributed by atoms with van der Waals surface area (Å²) in [5, 5.41) is 7.36. The Bertz CT molecular complexity index is 393. The van der Waals surface area contributed by atoms with E-state index in [1.807, 2.05) is 0 Å². The van der Waals surface area contributed by atoms with Gasteiger partial charge in [-0.1, -0.05) is 13.8 Å². The number of nitrogens with one attached hydrogen (secondary N) is 2. The Hall–Kier alpha value is -0.420. The lowest BCUT2D eigenvalue weighted by Gasteiger charge is -2.55. The van der Waals surface area contributed by atoms with Crippen molar-refractivity contribution in [3.63, 3.8) is 0 Å². The predicted octanol–water partition coefficient (Wildman–Crippen LogP) is 2.25. The van der Waals surface area contributed by atoms with E-state index in [4.69, 9.17) is 4.74 Å². The van der Waals surface area contributed by atoms with Crippen molar-refractivity contribution in [1.29, 1.82) is 0 Å². The van der Waals surface area contributed by atoms with E-state index >= 15 is 0 Å². The molecule has 1 aliphatic carbocycles. The molecule has 120 valence electrons. The molecule has 3 aliphatic rings. The molecule has 0 aromatic carbocycles. The maximum absolute atomic E-state index is 5.89. The number of thioether (sulfide) groups is 1. The number of hydrogen-bond acceptors (Lipinski definition) is 3. The molecule has 2 aliphatic heterocycles. The molecule has 0 aromatic heterocycles. The highest BCUT2D eigenvalue weighted by Gasteiger charge is 2.59. The van der Waals surface area contributed by atoms with Crippen LogP contribution in [0.1, 0.15) is 40.0 Å². The third-order valence-electron chi connectivity index (χ3n) is 5.21. The van der Waals surface area contributed by atoms with E-state index in [0.29, 0.717) is 24.1 Å². The Kier molecular flexibility index (Phi) is 4.69. The number of nitrogens with zero attached hydrogens (tertiary/aromatic N) is 1. The quantitative estimate of drug-likeness (QED) is 0.620. The molecule has 2 saturated heterocycles. The van der Waals surface area contributed by atoms with Gasteiger partial charge in [0.2, 0.25) is 0 Å². The third-order valence-corrected chi connectivity index (χ3v) is 6.43. The zero-order valence-electron chi connectivity index (χ0n) is 13.5. The fourth-order valence-electron chi connectivity index (χ4n) is 4.10. The highest BCUT2D eigenvalue weighted by Crippen LogP contribution is 2.52. The van der Waals surface area contributed by atoms with Gasteiger partial charge in [-0.3, -0.25) is 4.99 Å². The second-order valence-electron chi connectivity index (χ2n) is 7.07. The summed E-state index contributed by atoms with van der Waals surface area (Å²) in [6, 6.07) is 1.06. The Morgan fingerprint density at radius 1 is 1.33 bits per heavy atom. The minimum atomic E-state index is 0.207. The molecule has 21 heavy (non-hydrogen) atoms. The van der Waals surface area contributed by atoms with E-state index in [9.17, 15) is 0 Å². The maximum atomic E-state index is 5.89. The summed E-state index contributed by atoms with van der Waals surface area (Å²) in [5.74, 6) is 4.17. The molecule has 4 unspecified atom stereocenters. The fourth-order valence-corrected chi connectivity index (χ4v) is 5.18. The SMILES string of the molecule is CCN=C(NC1CCCSC1)NC1C2CCOC2C1(C)C. The van der Waals surface area contributed by atoms with Crippen LogP contribution in [0.4, 0.5) is 0 Å². The summed E-state index contributed by atoms with van der Waals surface area (Å²) in [5.41, 5.74) is 0.207. The maximum Gasteiger partial charge on any atom is 0.191 e. The van der Waals surface area contributed by atoms with E-state index in [1.165, 1.54) is 30.8 Å². The zero-order valence-corrected chi connectivity index (χ0v) is 14.3. The van der Waals surface area contributed by atoms with Gasteiger partial charge in [0.25, 0.3) is 0 Å². The van der Waals surface area contributed by atoms with Crippen LogP contribution in [0, 0.1) is 11.3 Å². The van der Waals surface area contributed by atoms with Gasteiger partial charge in [0, 0.05) is 42.3 Å². The van der Waals surface area contributed by atoms with Crippen LogP contribution in [0.5, 0.6) is 0 Å². The smallest absolute Gasteiger partial charge is 0.191 e. The second kappa shape index (κ2) is 6.37. The minimum absolute atomic E-state index is 0.207.